The van der Waals surface area contributed by atoms with Gasteiger partial charge in [0.05, 0.1) is 6.08 Å². The van der Waals surface area contributed by atoms with E-state index in [0.29, 0.717) is 6.54 Å². The third-order valence-electron chi connectivity index (χ3n) is 5.71. The Hall–Kier alpha value is -3.38. The number of thiazole rings is 1. The van der Waals surface area contributed by atoms with Crippen LogP contribution in [0, 0.1) is 0 Å². The number of allylic oxidation sites excluding steroid dienone is 1. The summed E-state index contributed by atoms with van der Waals surface area (Å²) < 4.78 is 11.7. The van der Waals surface area contributed by atoms with E-state index < -0.39 is 0 Å². The molecular formula is C25H24N3O2S+. The van der Waals surface area contributed by atoms with Crippen molar-refractivity contribution >= 4 is 39.8 Å². The second-order valence-corrected chi connectivity index (χ2v) is 8.50. The smallest absolute Gasteiger partial charge is 0.377 e. The summed E-state index contributed by atoms with van der Waals surface area (Å²) in [6.45, 7) is 5.50. The van der Waals surface area contributed by atoms with E-state index in [9.17, 15) is 4.79 Å². The van der Waals surface area contributed by atoms with Crippen LogP contribution < -0.4 is 24.2 Å². The lowest BCUT2D eigenvalue weighted by atomic mass is 10.0. The van der Waals surface area contributed by atoms with Crippen molar-refractivity contribution in [2.45, 2.75) is 26.9 Å². The molecule has 3 heterocycles. The van der Waals surface area contributed by atoms with Gasteiger partial charge in [0, 0.05) is 42.7 Å². The Labute approximate surface area is 184 Å². The number of aromatic nitrogens is 2. The Kier molecular flexibility index (Phi) is 4.87. The average Bonchev–Trinajstić information content (AvgIpc) is 3.30. The summed E-state index contributed by atoms with van der Waals surface area (Å²) >= 11 is 1.52. The molecule has 0 spiro atoms. The van der Waals surface area contributed by atoms with Crippen LogP contribution in [0.1, 0.15) is 25.3 Å². The van der Waals surface area contributed by atoms with Crippen LogP contribution in [0.4, 0.5) is 5.69 Å². The molecule has 0 atom stereocenters. The van der Waals surface area contributed by atoms with Gasteiger partial charge < -0.3 is 9.32 Å². The molecule has 0 saturated heterocycles. The van der Waals surface area contributed by atoms with Crippen LogP contribution in [0.5, 0.6) is 0 Å². The van der Waals surface area contributed by atoms with Crippen molar-refractivity contribution in [1.29, 1.82) is 0 Å². The van der Waals surface area contributed by atoms with E-state index in [1.807, 2.05) is 67.2 Å². The summed E-state index contributed by atoms with van der Waals surface area (Å²) in [7, 11) is 2.02. The Balaban J connectivity index is 1.80. The van der Waals surface area contributed by atoms with Crippen molar-refractivity contribution in [2.24, 2.45) is 0 Å². The van der Waals surface area contributed by atoms with Gasteiger partial charge in [0.1, 0.15) is 15.7 Å². The molecule has 0 amide bonds. The number of hydrogen-bond donors (Lipinski definition) is 0. The van der Waals surface area contributed by atoms with Crippen LogP contribution in [0.2, 0.25) is 0 Å². The lowest BCUT2D eigenvalue weighted by molar-refractivity contribution is -0.674. The number of oxazole rings is 1. The predicted molar refractivity (Wildman–Crippen MR) is 126 cm³/mol. The van der Waals surface area contributed by atoms with E-state index in [4.69, 9.17) is 4.42 Å². The monoisotopic (exact) mass is 430 g/mol. The predicted octanol–water partition coefficient (Wildman–Crippen LogP) is 2.97. The zero-order chi connectivity index (χ0) is 21.5. The number of hydrogen-bond acceptors (Lipinski definition) is 4. The van der Waals surface area contributed by atoms with Crippen LogP contribution in [-0.4, -0.2) is 11.6 Å². The maximum atomic E-state index is 13.4. The molecule has 0 bridgehead atoms. The van der Waals surface area contributed by atoms with E-state index in [1.165, 1.54) is 11.3 Å². The highest BCUT2D eigenvalue weighted by Gasteiger charge is 2.20. The topological polar surface area (TPSA) is 42.3 Å². The molecule has 0 N–H and O–H groups in total. The van der Waals surface area contributed by atoms with E-state index in [-0.39, 0.29) is 5.56 Å². The lowest BCUT2D eigenvalue weighted by Gasteiger charge is -2.23. The fourth-order valence-corrected chi connectivity index (χ4v) is 5.34. The maximum absolute atomic E-state index is 13.4. The normalized spacial score (nSPS) is 15.7. The standard InChI is InChI=1S/C25H24N3O2S/c1-4-27-20-12-8-9-13-21(20)30-22(27)16-23-28(5-2)25(29)24(31-23)18-14-15-26(3)19-11-7-6-10-17(18)19/h6-16H,4-5H2,1-3H3/q+1/b24-18-. The van der Waals surface area contributed by atoms with Crippen LogP contribution in [0.15, 0.2) is 70.0 Å². The van der Waals surface area contributed by atoms with Crippen LogP contribution in [0.3, 0.4) is 0 Å². The fraction of sp³-hybridized carbons (Fsp3) is 0.200. The SMILES string of the molecule is CCn1c(=O)/c(=C2\C=CN(C)c3ccccc32)s/c1=C\c1oc2ccccc2[n+]1CC. The van der Waals surface area contributed by atoms with Gasteiger partial charge in [0.2, 0.25) is 5.58 Å². The summed E-state index contributed by atoms with van der Waals surface area (Å²) in [5.41, 5.74) is 5.09. The van der Waals surface area contributed by atoms with Crippen molar-refractivity contribution in [3.05, 3.63) is 91.8 Å². The number of aryl methyl sites for hydroxylation is 1. The Morgan fingerprint density at radius 1 is 1.10 bits per heavy atom. The van der Waals surface area contributed by atoms with Gasteiger partial charge >= 0.3 is 5.89 Å². The third kappa shape index (κ3) is 3.15. The summed E-state index contributed by atoms with van der Waals surface area (Å²) in [5, 5.41) is 0. The average molecular weight is 431 g/mol. The number of nitrogens with zero attached hydrogens (tertiary/aromatic N) is 3. The van der Waals surface area contributed by atoms with Gasteiger partial charge in [0.25, 0.3) is 11.1 Å². The number of benzene rings is 2. The highest BCUT2D eigenvalue weighted by atomic mass is 32.1. The first kappa shape index (κ1) is 19.6. The molecular weight excluding hydrogens is 406 g/mol. The van der Waals surface area contributed by atoms with E-state index in [1.54, 1.807) is 0 Å². The minimum absolute atomic E-state index is 0.0388. The van der Waals surface area contributed by atoms with Crippen molar-refractivity contribution in [3.63, 3.8) is 0 Å². The lowest BCUT2D eigenvalue weighted by Crippen LogP contribution is -2.35. The van der Waals surface area contributed by atoms with Gasteiger partial charge in [-0.15, -0.1) is 11.3 Å². The second kappa shape index (κ2) is 7.71. The summed E-state index contributed by atoms with van der Waals surface area (Å²) in [6.07, 6.45) is 6.04. The number of para-hydroxylation sites is 3. The first-order chi connectivity index (χ1) is 15.1. The van der Waals surface area contributed by atoms with Crippen molar-refractivity contribution in [3.8, 4) is 0 Å². The van der Waals surface area contributed by atoms with Gasteiger partial charge in [-0.05, 0) is 32.1 Å². The zero-order valence-electron chi connectivity index (χ0n) is 17.8. The van der Waals surface area contributed by atoms with E-state index in [0.717, 1.165) is 49.6 Å². The molecule has 0 saturated carbocycles. The maximum Gasteiger partial charge on any atom is 0.377 e. The van der Waals surface area contributed by atoms with Gasteiger partial charge in [-0.3, -0.25) is 9.36 Å². The minimum atomic E-state index is 0.0388. The van der Waals surface area contributed by atoms with Gasteiger partial charge in [-0.2, -0.15) is 4.57 Å². The molecule has 2 aromatic carbocycles. The summed E-state index contributed by atoms with van der Waals surface area (Å²) in [6, 6.07) is 16.2. The summed E-state index contributed by atoms with van der Waals surface area (Å²) in [4.78, 5) is 15.5. The Morgan fingerprint density at radius 2 is 1.87 bits per heavy atom. The second-order valence-electron chi connectivity index (χ2n) is 7.47. The molecule has 1 aliphatic heterocycles. The third-order valence-corrected chi connectivity index (χ3v) is 6.86. The number of fused-ring (bicyclic) bond motifs is 2. The van der Waals surface area contributed by atoms with Crippen LogP contribution in [-0.2, 0) is 13.1 Å². The minimum Gasteiger partial charge on any atom is -0.398 e. The zero-order valence-corrected chi connectivity index (χ0v) is 18.6. The fourth-order valence-electron chi connectivity index (χ4n) is 4.16. The van der Waals surface area contributed by atoms with E-state index in [2.05, 4.69) is 34.6 Å². The quantitative estimate of drug-likeness (QED) is 0.470. The molecule has 31 heavy (non-hydrogen) atoms. The highest BCUT2D eigenvalue weighted by Crippen LogP contribution is 2.29. The molecule has 156 valence electrons. The molecule has 6 heteroatoms. The largest absolute Gasteiger partial charge is 0.398 e. The number of anilines is 1. The van der Waals surface area contributed by atoms with Gasteiger partial charge in [0.15, 0.2) is 0 Å². The molecule has 2 aromatic heterocycles. The van der Waals surface area contributed by atoms with Gasteiger partial charge in [-0.25, -0.2) is 0 Å². The first-order valence-corrected chi connectivity index (χ1v) is 11.3. The molecule has 0 unspecified atom stereocenters. The Bertz CT molecular complexity index is 1500. The van der Waals surface area contributed by atoms with Crippen molar-refractivity contribution in [1.82, 2.24) is 4.57 Å². The molecule has 0 aliphatic carbocycles. The molecule has 5 rings (SSSR count). The van der Waals surface area contributed by atoms with Crippen molar-refractivity contribution in [2.75, 3.05) is 11.9 Å². The van der Waals surface area contributed by atoms with Crippen LogP contribution in [0.25, 0.3) is 22.7 Å². The number of rotatable bonds is 3. The van der Waals surface area contributed by atoms with Crippen molar-refractivity contribution < 1.29 is 8.98 Å². The Morgan fingerprint density at radius 3 is 2.68 bits per heavy atom. The summed E-state index contributed by atoms with van der Waals surface area (Å²) in [5.74, 6) is 0.753. The molecule has 4 aromatic rings. The molecule has 1 aliphatic rings. The first-order valence-electron chi connectivity index (χ1n) is 10.5. The molecule has 0 radical (unpaired) electrons. The molecule has 0 fully saturated rings. The van der Waals surface area contributed by atoms with E-state index >= 15 is 0 Å². The highest BCUT2D eigenvalue weighted by molar-refractivity contribution is 7.07. The molecule has 5 nitrogen and oxygen atoms in total. The van der Waals surface area contributed by atoms with Gasteiger partial charge in [-0.1, -0.05) is 30.3 Å². The van der Waals surface area contributed by atoms with Crippen LogP contribution >= 0.6 is 11.3 Å².